The predicted octanol–water partition coefficient (Wildman–Crippen LogP) is 4.30. The Labute approximate surface area is 304 Å². The maximum atomic E-state index is 15.1. The van der Waals surface area contributed by atoms with Gasteiger partial charge in [0.25, 0.3) is 0 Å². The average Bonchev–Trinajstić information content (AvgIpc) is 4.07. The number of methoxy groups -OCH3 is 1. The van der Waals surface area contributed by atoms with Gasteiger partial charge >= 0.3 is 11.9 Å². The molecule has 1 atom stereocenters. The topological polar surface area (TPSA) is 150 Å². The van der Waals surface area contributed by atoms with E-state index < -0.39 is 34.4 Å². The summed E-state index contributed by atoms with van der Waals surface area (Å²) in [5.74, 6) is -3.33. The molecule has 2 aromatic carbocycles. The van der Waals surface area contributed by atoms with Gasteiger partial charge in [-0.3, -0.25) is 9.59 Å². The molecule has 0 amide bonds. The number of anilines is 2. The van der Waals surface area contributed by atoms with Crippen LogP contribution in [0.1, 0.15) is 72.3 Å². The first-order valence-electron chi connectivity index (χ1n) is 18.2. The Hall–Kier alpha value is -5.02. The van der Waals surface area contributed by atoms with E-state index in [0.29, 0.717) is 41.2 Å². The Morgan fingerprint density at radius 3 is 1.98 bits per heavy atom. The van der Waals surface area contributed by atoms with Gasteiger partial charge in [-0.25, -0.2) is 18.4 Å². The molecule has 3 N–H and O–H groups in total. The van der Waals surface area contributed by atoms with Crippen molar-refractivity contribution in [1.82, 2.24) is 19.4 Å². The van der Waals surface area contributed by atoms with Crippen molar-refractivity contribution in [2.45, 2.75) is 57.7 Å². The van der Waals surface area contributed by atoms with Crippen molar-refractivity contribution in [2.75, 3.05) is 69.3 Å². The molecule has 4 fully saturated rings. The molecule has 0 bridgehead atoms. The molecule has 282 valence electrons. The Morgan fingerprint density at radius 2 is 1.42 bits per heavy atom. The van der Waals surface area contributed by atoms with Crippen LogP contribution in [-0.2, 0) is 0 Å². The summed E-state index contributed by atoms with van der Waals surface area (Å²) in [6, 6.07) is 4.57. The first kappa shape index (κ1) is 36.3. The quantitative estimate of drug-likeness (QED) is 0.238. The summed E-state index contributed by atoms with van der Waals surface area (Å²) in [6.07, 6.45) is 6.45. The number of halogens is 2. The number of ether oxygens (including phenoxy) is 1. The van der Waals surface area contributed by atoms with Gasteiger partial charge in [0.2, 0.25) is 10.9 Å². The molecule has 8 rings (SSSR count). The maximum Gasteiger partial charge on any atom is 0.341 e. The van der Waals surface area contributed by atoms with Crippen LogP contribution < -0.4 is 30.7 Å². The fourth-order valence-corrected chi connectivity index (χ4v) is 7.57. The fraction of sp³-hybridized carbons (Fsp3) is 0.474. The van der Waals surface area contributed by atoms with Crippen LogP contribution in [0.3, 0.4) is 0 Å². The van der Waals surface area contributed by atoms with E-state index in [2.05, 4.69) is 17.1 Å². The van der Waals surface area contributed by atoms with E-state index in [4.69, 9.17) is 4.74 Å². The highest BCUT2D eigenvalue weighted by Gasteiger charge is 2.32. The molecule has 0 radical (unpaired) electrons. The Bertz CT molecular complexity index is 2220. The number of nitrogens with zero attached hydrogens (tertiary/aromatic N) is 5. The maximum absolute atomic E-state index is 15.1. The molecule has 0 spiro atoms. The van der Waals surface area contributed by atoms with Crippen molar-refractivity contribution in [3.8, 4) is 5.75 Å². The number of aromatic nitrogens is 2. The molecule has 1 unspecified atom stereocenters. The first-order chi connectivity index (χ1) is 25.4. The van der Waals surface area contributed by atoms with Gasteiger partial charge in [0.15, 0.2) is 11.6 Å². The molecule has 2 saturated carbocycles. The number of likely N-dealkylation sites (N-methyl/N-ethyl adjacent to an activating group) is 1. The van der Waals surface area contributed by atoms with Crippen molar-refractivity contribution < 1.29 is 33.3 Å². The molecule has 13 nitrogen and oxygen atoms in total. The summed E-state index contributed by atoms with van der Waals surface area (Å²) in [5.41, 5.74) is -0.0419. The monoisotopic (exact) mass is 734 g/mol. The van der Waals surface area contributed by atoms with Gasteiger partial charge in [0.1, 0.15) is 22.6 Å². The number of fused-ring (bicyclic) bond motifs is 2. The van der Waals surface area contributed by atoms with Gasteiger partial charge in [0.05, 0.1) is 29.2 Å². The summed E-state index contributed by atoms with van der Waals surface area (Å²) >= 11 is 0. The van der Waals surface area contributed by atoms with E-state index in [9.17, 15) is 33.8 Å². The van der Waals surface area contributed by atoms with Gasteiger partial charge in [0, 0.05) is 81.7 Å². The van der Waals surface area contributed by atoms with Gasteiger partial charge < -0.3 is 44.1 Å². The summed E-state index contributed by atoms with van der Waals surface area (Å²) in [4.78, 5) is 54.3. The van der Waals surface area contributed by atoms with Gasteiger partial charge in [-0.15, -0.1) is 0 Å². The second-order valence-corrected chi connectivity index (χ2v) is 14.3. The summed E-state index contributed by atoms with van der Waals surface area (Å²) in [6.45, 7) is 10.3. The number of pyridine rings is 2. The lowest BCUT2D eigenvalue weighted by Crippen LogP contribution is -2.49. The summed E-state index contributed by atoms with van der Waals surface area (Å²) in [7, 11) is 1.45. The molecule has 4 aromatic rings. The highest BCUT2D eigenvalue weighted by molar-refractivity contribution is 5.97. The molecule has 15 heteroatoms. The van der Waals surface area contributed by atoms with Crippen LogP contribution in [0.25, 0.3) is 21.8 Å². The first-order valence-corrected chi connectivity index (χ1v) is 18.2. The van der Waals surface area contributed by atoms with Crippen LogP contribution in [0.2, 0.25) is 0 Å². The molecular weight excluding hydrogens is 690 g/mol. The largest absolute Gasteiger partial charge is 0.492 e. The van der Waals surface area contributed by atoms with Crippen molar-refractivity contribution in [3.05, 3.63) is 73.8 Å². The second-order valence-electron chi connectivity index (χ2n) is 14.3. The van der Waals surface area contributed by atoms with E-state index in [0.717, 1.165) is 71.0 Å². The van der Waals surface area contributed by atoms with Crippen molar-refractivity contribution >= 4 is 45.1 Å². The molecule has 53 heavy (non-hydrogen) atoms. The number of carboxylic acids is 2. The number of carbonyl (C=O) groups is 2. The molecule has 4 heterocycles. The minimum absolute atomic E-state index is 0.0445. The molecular formula is C38H44F2N6O7. The zero-order valence-electron chi connectivity index (χ0n) is 30.0. The van der Waals surface area contributed by atoms with Gasteiger partial charge in [-0.2, -0.15) is 0 Å². The number of carboxylic acid groups (broad SMARTS) is 2. The van der Waals surface area contributed by atoms with E-state index in [1.807, 2.05) is 21.3 Å². The van der Waals surface area contributed by atoms with Crippen LogP contribution in [0.5, 0.6) is 5.75 Å². The summed E-state index contributed by atoms with van der Waals surface area (Å²) in [5, 5.41) is 22.2. The van der Waals surface area contributed by atoms with Crippen LogP contribution in [0.15, 0.2) is 40.2 Å². The average molecular weight is 735 g/mol. The van der Waals surface area contributed by atoms with Gasteiger partial charge in [-0.05, 0) is 57.4 Å². The van der Waals surface area contributed by atoms with Crippen LogP contribution in [-0.4, -0.2) is 102 Å². The van der Waals surface area contributed by atoms with Crippen molar-refractivity contribution in [1.29, 1.82) is 0 Å². The predicted molar refractivity (Wildman–Crippen MR) is 197 cm³/mol. The number of nitrogens with one attached hydrogen (secondary N) is 1. The van der Waals surface area contributed by atoms with Crippen LogP contribution >= 0.6 is 0 Å². The third kappa shape index (κ3) is 6.95. The molecule has 2 aliphatic heterocycles. The lowest BCUT2D eigenvalue weighted by atomic mass is 10.1. The van der Waals surface area contributed by atoms with Crippen molar-refractivity contribution in [2.24, 2.45) is 0 Å². The van der Waals surface area contributed by atoms with Crippen molar-refractivity contribution in [3.63, 3.8) is 0 Å². The highest BCUT2D eigenvalue weighted by Crippen LogP contribution is 2.44. The fourth-order valence-electron chi connectivity index (χ4n) is 7.57. The highest BCUT2D eigenvalue weighted by atomic mass is 19.1. The lowest BCUT2D eigenvalue weighted by molar-refractivity contribution is 0.0684. The lowest BCUT2D eigenvalue weighted by Gasteiger charge is -2.35. The zero-order valence-corrected chi connectivity index (χ0v) is 30.0. The number of benzene rings is 2. The molecule has 2 saturated heterocycles. The van der Waals surface area contributed by atoms with Gasteiger partial charge in [-0.1, -0.05) is 6.92 Å². The summed E-state index contributed by atoms with van der Waals surface area (Å²) < 4.78 is 39.1. The van der Waals surface area contributed by atoms with E-state index >= 15 is 4.39 Å². The number of hydrogen-bond acceptors (Lipinski definition) is 9. The Morgan fingerprint density at radius 1 is 0.830 bits per heavy atom. The number of aromatic carboxylic acids is 2. The third-order valence-electron chi connectivity index (χ3n) is 10.7. The zero-order chi connectivity index (χ0) is 37.7. The SMILES string of the molecule is CCN1CCN(c2cc3c(cc2F)c(=O)c(C(=O)O)cn3C2CC2)CC1.COc1c(N2CCNC(C)C2)c(F)cc2c(=O)c(C(=O)O)cn(C3CC3)c12. The third-order valence-corrected chi connectivity index (χ3v) is 10.7. The second kappa shape index (κ2) is 14.4. The Balaban J connectivity index is 0.000000164. The number of rotatable bonds is 8. The number of piperazine rings is 2. The van der Waals surface area contributed by atoms with Crippen LogP contribution in [0, 0.1) is 11.6 Å². The van der Waals surface area contributed by atoms with E-state index in [1.165, 1.54) is 25.6 Å². The molecule has 2 aliphatic carbocycles. The van der Waals surface area contributed by atoms with Crippen LogP contribution in [0.4, 0.5) is 20.2 Å². The molecule has 4 aliphatic rings. The molecule has 2 aromatic heterocycles. The standard InChI is InChI=1S/C19H22FN3O4.C19H22FN3O3/c1-10-8-22(6-5-21-10)16-14(20)7-12-15(18(16)27-2)23(11-3-4-11)9-13(17(12)24)19(25)26;1-2-21-5-7-22(8-6-21)17-10-16-13(9-15(17)20)18(24)14(19(25)26)11-23(16)12-3-4-12/h7,9-11,21H,3-6,8H2,1-2H3,(H,25,26);9-12H,2-8H2,1H3,(H,25,26). The minimum Gasteiger partial charge on any atom is -0.492 e. The normalized spacial score (nSPS) is 19.3. The van der Waals surface area contributed by atoms with E-state index in [1.54, 1.807) is 10.6 Å². The van der Waals surface area contributed by atoms with E-state index in [-0.39, 0.29) is 40.0 Å². The number of hydrogen-bond donors (Lipinski definition) is 3. The minimum atomic E-state index is -1.31. The Kier molecular flexibility index (Phi) is 9.89. The smallest absolute Gasteiger partial charge is 0.341 e.